The summed E-state index contributed by atoms with van der Waals surface area (Å²) >= 11 is 0. The van der Waals surface area contributed by atoms with Crippen LogP contribution in [-0.2, 0) is 0 Å². The lowest BCUT2D eigenvalue weighted by molar-refractivity contribution is 0.363. The summed E-state index contributed by atoms with van der Waals surface area (Å²) in [5.41, 5.74) is 0.552. The predicted octanol–water partition coefficient (Wildman–Crippen LogP) is 6.35. The molecule has 0 aliphatic carbocycles. The first kappa shape index (κ1) is 18.6. The van der Waals surface area contributed by atoms with E-state index in [2.05, 4.69) is 54.3 Å². The van der Waals surface area contributed by atoms with E-state index in [1.165, 1.54) is 38.1 Å². The van der Waals surface area contributed by atoms with E-state index in [1.54, 1.807) is 0 Å². The molecule has 0 N–H and O–H groups in total. The van der Waals surface area contributed by atoms with Crippen molar-refractivity contribution in [3.8, 4) is 0 Å². The van der Waals surface area contributed by atoms with Gasteiger partial charge in [0.15, 0.2) is 0 Å². The van der Waals surface area contributed by atoms with Crippen molar-refractivity contribution in [2.24, 2.45) is 5.41 Å². The lowest BCUT2D eigenvalue weighted by Gasteiger charge is -2.16. The van der Waals surface area contributed by atoms with Crippen LogP contribution in [0, 0.1) is 5.41 Å². The molecule has 0 bridgehead atoms. The van der Waals surface area contributed by atoms with Gasteiger partial charge < -0.3 is 0 Å². The molecule has 0 aromatic heterocycles. The van der Waals surface area contributed by atoms with Crippen LogP contribution < -0.4 is 0 Å². The van der Waals surface area contributed by atoms with Gasteiger partial charge in [-0.05, 0) is 11.8 Å². The molecule has 0 amide bonds. The Labute approximate surface area is 106 Å². The number of unbranched alkanes of at least 4 members (excludes halogenated alkanes) is 2. The van der Waals surface area contributed by atoms with E-state index < -0.39 is 8.07 Å². The molecule has 0 heterocycles. The minimum atomic E-state index is -0.678. The standard InChI is InChI=1S/C8H18.C7H18Si/c2*1-5-6-7-8(2,3)4/h2*5-7H2,1-4H3. The maximum absolute atomic E-state index is 2.43. The van der Waals surface area contributed by atoms with Gasteiger partial charge in [-0.3, -0.25) is 0 Å². The van der Waals surface area contributed by atoms with Crippen molar-refractivity contribution in [2.45, 2.75) is 92.4 Å². The summed E-state index contributed by atoms with van der Waals surface area (Å²) in [6.07, 6.45) is 6.88. The van der Waals surface area contributed by atoms with E-state index in [9.17, 15) is 0 Å². The summed E-state index contributed by atoms with van der Waals surface area (Å²) in [6.45, 7) is 18.7. The first-order chi connectivity index (χ1) is 7.12. The molecule has 0 saturated carbocycles. The summed E-state index contributed by atoms with van der Waals surface area (Å²) in [5, 5.41) is 0. The van der Waals surface area contributed by atoms with Gasteiger partial charge in [0.25, 0.3) is 0 Å². The van der Waals surface area contributed by atoms with Gasteiger partial charge >= 0.3 is 0 Å². The Morgan fingerprint density at radius 2 is 1.25 bits per heavy atom. The third-order valence-electron chi connectivity index (χ3n) is 2.56. The molecular weight excluding hydrogens is 208 g/mol. The first-order valence-electron chi connectivity index (χ1n) is 7.12. The monoisotopic (exact) mass is 244 g/mol. The minimum Gasteiger partial charge on any atom is -0.0695 e. The van der Waals surface area contributed by atoms with E-state index in [4.69, 9.17) is 0 Å². The molecule has 1 heteroatoms. The van der Waals surface area contributed by atoms with Gasteiger partial charge in [0, 0.05) is 8.07 Å². The van der Waals surface area contributed by atoms with Crippen LogP contribution in [0.1, 0.15) is 66.7 Å². The number of rotatable bonds is 5. The Kier molecular flexibility index (Phi) is 10.8. The molecule has 0 rings (SSSR count). The van der Waals surface area contributed by atoms with Crippen LogP contribution in [0.15, 0.2) is 0 Å². The zero-order valence-corrected chi connectivity index (χ0v) is 14.2. The maximum atomic E-state index is 2.43. The summed E-state index contributed by atoms with van der Waals surface area (Å²) < 4.78 is 0. The van der Waals surface area contributed by atoms with Crippen LogP contribution in [0.2, 0.25) is 25.7 Å². The van der Waals surface area contributed by atoms with Gasteiger partial charge in [-0.25, -0.2) is 0 Å². The molecule has 0 fully saturated rings. The fourth-order valence-corrected chi connectivity index (χ4v) is 2.83. The molecule has 0 nitrogen and oxygen atoms in total. The normalized spacial score (nSPS) is 12.0. The van der Waals surface area contributed by atoms with Crippen LogP contribution in [0.3, 0.4) is 0 Å². The van der Waals surface area contributed by atoms with E-state index in [-0.39, 0.29) is 0 Å². The Morgan fingerprint density at radius 3 is 1.38 bits per heavy atom. The quantitative estimate of drug-likeness (QED) is 0.494. The highest BCUT2D eigenvalue weighted by molar-refractivity contribution is 6.76. The Bertz CT molecular complexity index is 118. The largest absolute Gasteiger partial charge is 0.0695 e. The zero-order valence-electron chi connectivity index (χ0n) is 13.2. The topological polar surface area (TPSA) is 0 Å². The Balaban J connectivity index is 0. The van der Waals surface area contributed by atoms with E-state index in [1.807, 2.05) is 0 Å². The van der Waals surface area contributed by atoms with Crippen LogP contribution in [0.25, 0.3) is 0 Å². The van der Waals surface area contributed by atoms with Crippen molar-refractivity contribution in [3.05, 3.63) is 0 Å². The van der Waals surface area contributed by atoms with Gasteiger partial charge in [-0.1, -0.05) is 86.0 Å². The zero-order chi connectivity index (χ0) is 13.2. The highest BCUT2D eigenvalue weighted by atomic mass is 28.3. The van der Waals surface area contributed by atoms with Gasteiger partial charge in [-0.15, -0.1) is 0 Å². The van der Waals surface area contributed by atoms with Gasteiger partial charge in [0.1, 0.15) is 0 Å². The van der Waals surface area contributed by atoms with Crippen LogP contribution in [0.5, 0.6) is 0 Å². The van der Waals surface area contributed by atoms with Crippen LogP contribution in [0.4, 0.5) is 0 Å². The average molecular weight is 245 g/mol. The second-order valence-corrected chi connectivity index (χ2v) is 12.9. The highest BCUT2D eigenvalue weighted by Crippen LogP contribution is 2.20. The smallest absolute Gasteiger partial charge is 0.0442 e. The molecule has 0 atom stereocenters. The fourth-order valence-electron chi connectivity index (χ4n) is 1.41. The lowest BCUT2D eigenvalue weighted by Crippen LogP contribution is -2.18. The third-order valence-corrected chi connectivity index (χ3v) is 4.41. The highest BCUT2D eigenvalue weighted by Gasteiger charge is 2.10. The van der Waals surface area contributed by atoms with Crippen LogP contribution in [-0.4, -0.2) is 8.07 Å². The van der Waals surface area contributed by atoms with Crippen molar-refractivity contribution in [3.63, 3.8) is 0 Å². The molecule has 16 heavy (non-hydrogen) atoms. The number of hydrogen-bond acceptors (Lipinski definition) is 0. The average Bonchev–Trinajstić information content (AvgIpc) is 2.10. The maximum Gasteiger partial charge on any atom is 0.0442 e. The summed E-state index contributed by atoms with van der Waals surface area (Å²) in [5.74, 6) is 0. The molecule has 100 valence electrons. The molecule has 0 aromatic rings. The fraction of sp³-hybridized carbons (Fsp3) is 1.00. The van der Waals surface area contributed by atoms with E-state index in [0.717, 1.165) is 0 Å². The van der Waals surface area contributed by atoms with E-state index in [0.29, 0.717) is 5.41 Å². The van der Waals surface area contributed by atoms with E-state index >= 15 is 0 Å². The Hall–Kier alpha value is 0.217. The number of hydrogen-bond donors (Lipinski definition) is 0. The minimum absolute atomic E-state index is 0.552. The molecule has 0 aromatic carbocycles. The van der Waals surface area contributed by atoms with Crippen molar-refractivity contribution >= 4 is 8.07 Å². The molecule has 0 unspecified atom stereocenters. The molecule has 0 aliphatic heterocycles. The van der Waals surface area contributed by atoms with Crippen LogP contribution >= 0.6 is 0 Å². The van der Waals surface area contributed by atoms with Crippen molar-refractivity contribution in [1.82, 2.24) is 0 Å². The second kappa shape index (κ2) is 9.27. The first-order valence-corrected chi connectivity index (χ1v) is 10.8. The van der Waals surface area contributed by atoms with Gasteiger partial charge in [0.05, 0.1) is 0 Å². The molecule has 0 radical (unpaired) electrons. The molecule has 0 aliphatic rings. The lowest BCUT2D eigenvalue weighted by atomic mass is 9.90. The molecule has 0 spiro atoms. The van der Waals surface area contributed by atoms with Crippen molar-refractivity contribution < 1.29 is 0 Å². The SMILES string of the molecule is CCCCC(C)(C)C.CCCC[Si](C)(C)C. The van der Waals surface area contributed by atoms with Gasteiger partial charge in [0.2, 0.25) is 0 Å². The van der Waals surface area contributed by atoms with Gasteiger partial charge in [-0.2, -0.15) is 0 Å². The van der Waals surface area contributed by atoms with Crippen molar-refractivity contribution in [1.29, 1.82) is 0 Å². The van der Waals surface area contributed by atoms with Crippen molar-refractivity contribution in [2.75, 3.05) is 0 Å². The second-order valence-electron chi connectivity index (χ2n) is 7.33. The predicted molar refractivity (Wildman–Crippen MR) is 82.0 cm³/mol. The molecular formula is C15H36Si. The summed E-state index contributed by atoms with van der Waals surface area (Å²) in [6, 6.07) is 1.50. The molecule has 0 saturated heterocycles. The summed E-state index contributed by atoms with van der Waals surface area (Å²) in [7, 11) is -0.678. The Morgan fingerprint density at radius 1 is 0.812 bits per heavy atom. The summed E-state index contributed by atoms with van der Waals surface area (Å²) in [4.78, 5) is 0. The third kappa shape index (κ3) is 23.8.